The molecule has 1 N–H and O–H groups in total. The van der Waals surface area contributed by atoms with Gasteiger partial charge < -0.3 is 14.6 Å². The molecule has 1 unspecified atom stereocenters. The highest BCUT2D eigenvalue weighted by molar-refractivity contribution is 5.09. The van der Waals surface area contributed by atoms with Gasteiger partial charge in [-0.15, -0.1) is 0 Å². The summed E-state index contributed by atoms with van der Waals surface area (Å²) in [5.74, 6) is 0. The molecule has 0 saturated carbocycles. The Morgan fingerprint density at radius 1 is 1.57 bits per heavy atom. The Morgan fingerprint density at radius 2 is 2.36 bits per heavy atom. The average molecular weight is 196 g/mol. The molecule has 0 aliphatic rings. The number of nitrogens with zero attached hydrogens (tertiary/aromatic N) is 1. The molecule has 0 spiro atoms. The first-order chi connectivity index (χ1) is 6.72. The second kappa shape index (κ2) is 5.83. The molecular weight excluding hydrogens is 176 g/mol. The maximum Gasteiger partial charge on any atom is 0.0476 e. The Labute approximate surface area is 86.1 Å². The van der Waals surface area contributed by atoms with Gasteiger partial charge in [-0.05, 0) is 25.0 Å². The van der Waals surface area contributed by atoms with Crippen LogP contribution in [0.4, 0.5) is 0 Å². The molecule has 1 rings (SSSR count). The smallest absolute Gasteiger partial charge is 0.0476 e. The van der Waals surface area contributed by atoms with E-state index < -0.39 is 0 Å². The Balaban J connectivity index is 2.20. The van der Waals surface area contributed by atoms with Crippen LogP contribution in [0.3, 0.4) is 0 Å². The molecule has 80 valence electrons. The van der Waals surface area contributed by atoms with Crippen LogP contribution >= 0.6 is 0 Å². The molecular formula is C11H20N2O. The SMILES string of the molecule is COCCC(C)NCc1ccn(C)c1. The van der Waals surface area contributed by atoms with E-state index >= 15 is 0 Å². The molecule has 3 nitrogen and oxygen atoms in total. The molecule has 0 saturated heterocycles. The highest BCUT2D eigenvalue weighted by Crippen LogP contribution is 2.00. The van der Waals surface area contributed by atoms with Crippen LogP contribution in [0.2, 0.25) is 0 Å². The first-order valence-electron chi connectivity index (χ1n) is 5.05. The van der Waals surface area contributed by atoms with Crippen molar-refractivity contribution in [3.05, 3.63) is 24.0 Å². The van der Waals surface area contributed by atoms with E-state index in [0.717, 1.165) is 19.6 Å². The summed E-state index contributed by atoms with van der Waals surface area (Å²) in [5, 5.41) is 3.45. The van der Waals surface area contributed by atoms with Crippen molar-refractivity contribution in [1.29, 1.82) is 0 Å². The van der Waals surface area contributed by atoms with E-state index in [1.807, 2.05) is 7.05 Å². The molecule has 3 heteroatoms. The normalized spacial score (nSPS) is 13.1. The second-order valence-electron chi connectivity index (χ2n) is 3.75. The summed E-state index contributed by atoms with van der Waals surface area (Å²) in [5.41, 5.74) is 1.33. The van der Waals surface area contributed by atoms with E-state index in [4.69, 9.17) is 4.74 Å². The van der Waals surface area contributed by atoms with Crippen LogP contribution in [-0.2, 0) is 18.3 Å². The summed E-state index contributed by atoms with van der Waals surface area (Å²) in [6.45, 7) is 3.94. The lowest BCUT2D eigenvalue weighted by atomic mass is 10.2. The zero-order valence-corrected chi connectivity index (χ0v) is 9.29. The van der Waals surface area contributed by atoms with Gasteiger partial charge >= 0.3 is 0 Å². The van der Waals surface area contributed by atoms with Crippen molar-refractivity contribution in [3.63, 3.8) is 0 Å². The fourth-order valence-electron chi connectivity index (χ4n) is 1.35. The van der Waals surface area contributed by atoms with Crippen LogP contribution in [0, 0.1) is 0 Å². The van der Waals surface area contributed by atoms with Gasteiger partial charge in [0.2, 0.25) is 0 Å². The Bertz CT molecular complexity index is 258. The van der Waals surface area contributed by atoms with Gasteiger partial charge in [-0.1, -0.05) is 0 Å². The molecule has 1 atom stereocenters. The molecule has 0 aliphatic heterocycles. The third-order valence-corrected chi connectivity index (χ3v) is 2.30. The van der Waals surface area contributed by atoms with Crippen molar-refractivity contribution in [1.82, 2.24) is 9.88 Å². The van der Waals surface area contributed by atoms with Crippen LogP contribution in [0.1, 0.15) is 18.9 Å². The topological polar surface area (TPSA) is 26.2 Å². The van der Waals surface area contributed by atoms with E-state index in [9.17, 15) is 0 Å². The zero-order chi connectivity index (χ0) is 10.4. The van der Waals surface area contributed by atoms with E-state index in [-0.39, 0.29) is 0 Å². The van der Waals surface area contributed by atoms with Gasteiger partial charge in [0.1, 0.15) is 0 Å². The number of ether oxygens (including phenoxy) is 1. The lowest BCUT2D eigenvalue weighted by Gasteiger charge is -2.12. The maximum absolute atomic E-state index is 5.02. The molecule has 0 radical (unpaired) electrons. The van der Waals surface area contributed by atoms with Crippen LogP contribution in [0.15, 0.2) is 18.5 Å². The molecule has 0 bridgehead atoms. The minimum Gasteiger partial charge on any atom is -0.385 e. The molecule has 0 amide bonds. The van der Waals surface area contributed by atoms with Gasteiger partial charge in [0.05, 0.1) is 0 Å². The predicted octanol–water partition coefficient (Wildman–Crippen LogP) is 1.54. The highest BCUT2D eigenvalue weighted by atomic mass is 16.5. The van der Waals surface area contributed by atoms with Crippen molar-refractivity contribution >= 4 is 0 Å². The zero-order valence-electron chi connectivity index (χ0n) is 9.29. The van der Waals surface area contributed by atoms with Crippen molar-refractivity contribution in [3.8, 4) is 0 Å². The third-order valence-electron chi connectivity index (χ3n) is 2.30. The monoisotopic (exact) mass is 196 g/mol. The highest BCUT2D eigenvalue weighted by Gasteiger charge is 2.01. The number of aromatic nitrogens is 1. The largest absolute Gasteiger partial charge is 0.385 e. The molecule has 0 aliphatic carbocycles. The molecule has 14 heavy (non-hydrogen) atoms. The summed E-state index contributed by atoms with van der Waals surface area (Å²) in [6.07, 6.45) is 5.26. The summed E-state index contributed by atoms with van der Waals surface area (Å²) in [6, 6.07) is 2.64. The molecule has 1 aromatic heterocycles. The second-order valence-corrected chi connectivity index (χ2v) is 3.75. The lowest BCUT2D eigenvalue weighted by molar-refractivity contribution is 0.184. The van der Waals surface area contributed by atoms with Gasteiger partial charge in [0.15, 0.2) is 0 Å². The van der Waals surface area contributed by atoms with E-state index in [0.29, 0.717) is 6.04 Å². The van der Waals surface area contributed by atoms with Gasteiger partial charge in [0.25, 0.3) is 0 Å². The van der Waals surface area contributed by atoms with Gasteiger partial charge in [-0.2, -0.15) is 0 Å². The molecule has 0 fully saturated rings. The Hall–Kier alpha value is -0.800. The van der Waals surface area contributed by atoms with E-state index in [1.54, 1.807) is 7.11 Å². The first kappa shape index (κ1) is 11.3. The fraction of sp³-hybridized carbons (Fsp3) is 0.636. The van der Waals surface area contributed by atoms with Crippen molar-refractivity contribution < 1.29 is 4.74 Å². The third kappa shape index (κ3) is 3.94. The van der Waals surface area contributed by atoms with Gasteiger partial charge in [0, 0.05) is 45.7 Å². The summed E-state index contributed by atoms with van der Waals surface area (Å²) >= 11 is 0. The standard InChI is InChI=1S/C11H20N2O/c1-10(5-7-14-3)12-8-11-4-6-13(2)9-11/h4,6,9-10,12H,5,7-8H2,1-3H3. The quantitative estimate of drug-likeness (QED) is 0.747. The summed E-state index contributed by atoms with van der Waals surface area (Å²) in [7, 11) is 3.78. The number of hydrogen-bond donors (Lipinski definition) is 1. The molecule has 0 aromatic carbocycles. The average Bonchev–Trinajstić information content (AvgIpc) is 2.58. The Morgan fingerprint density at radius 3 is 2.93 bits per heavy atom. The van der Waals surface area contributed by atoms with E-state index in [2.05, 4.69) is 35.3 Å². The van der Waals surface area contributed by atoms with Crippen LogP contribution in [-0.4, -0.2) is 24.3 Å². The van der Waals surface area contributed by atoms with Crippen LogP contribution in [0.25, 0.3) is 0 Å². The Kier molecular flexibility index (Phi) is 4.70. The van der Waals surface area contributed by atoms with Crippen LogP contribution in [0.5, 0.6) is 0 Å². The van der Waals surface area contributed by atoms with Crippen molar-refractivity contribution in [2.24, 2.45) is 7.05 Å². The number of aryl methyl sites for hydroxylation is 1. The number of nitrogens with one attached hydrogen (secondary N) is 1. The summed E-state index contributed by atoms with van der Waals surface area (Å²) in [4.78, 5) is 0. The first-order valence-corrected chi connectivity index (χ1v) is 5.05. The van der Waals surface area contributed by atoms with Crippen molar-refractivity contribution in [2.75, 3.05) is 13.7 Å². The van der Waals surface area contributed by atoms with Crippen LogP contribution < -0.4 is 5.32 Å². The lowest BCUT2D eigenvalue weighted by Crippen LogP contribution is -2.26. The fourth-order valence-corrected chi connectivity index (χ4v) is 1.35. The van der Waals surface area contributed by atoms with E-state index in [1.165, 1.54) is 5.56 Å². The summed E-state index contributed by atoms with van der Waals surface area (Å²) < 4.78 is 7.09. The molecule has 1 heterocycles. The number of rotatable bonds is 6. The minimum atomic E-state index is 0.509. The van der Waals surface area contributed by atoms with Crippen molar-refractivity contribution in [2.45, 2.75) is 25.9 Å². The predicted molar refractivity (Wildman–Crippen MR) is 58.2 cm³/mol. The minimum absolute atomic E-state index is 0.509. The number of methoxy groups -OCH3 is 1. The maximum atomic E-state index is 5.02. The van der Waals surface area contributed by atoms with Gasteiger partial charge in [-0.25, -0.2) is 0 Å². The molecule has 1 aromatic rings. The van der Waals surface area contributed by atoms with Gasteiger partial charge in [-0.3, -0.25) is 0 Å². The number of hydrogen-bond acceptors (Lipinski definition) is 2.